The SMILES string of the molecule is CCc1nn(C)c(CNCCc2ccccc2)c1Br. The molecule has 0 spiro atoms. The van der Waals surface area contributed by atoms with Crippen LogP contribution in [0.25, 0.3) is 0 Å². The van der Waals surface area contributed by atoms with Crippen LogP contribution < -0.4 is 5.32 Å². The lowest BCUT2D eigenvalue weighted by atomic mass is 10.1. The summed E-state index contributed by atoms with van der Waals surface area (Å²) in [6.07, 6.45) is 2.01. The Kier molecular flexibility index (Phi) is 5.16. The van der Waals surface area contributed by atoms with Crippen LogP contribution in [0.3, 0.4) is 0 Å². The average molecular weight is 322 g/mol. The Morgan fingerprint density at radius 2 is 2.00 bits per heavy atom. The van der Waals surface area contributed by atoms with Gasteiger partial charge in [-0.3, -0.25) is 4.68 Å². The van der Waals surface area contributed by atoms with Crippen LogP contribution >= 0.6 is 15.9 Å². The lowest BCUT2D eigenvalue weighted by molar-refractivity contribution is 0.622. The highest BCUT2D eigenvalue weighted by Gasteiger charge is 2.11. The highest BCUT2D eigenvalue weighted by molar-refractivity contribution is 9.10. The third-order valence-electron chi connectivity index (χ3n) is 3.23. The van der Waals surface area contributed by atoms with E-state index in [1.54, 1.807) is 0 Å². The van der Waals surface area contributed by atoms with E-state index in [0.29, 0.717) is 0 Å². The van der Waals surface area contributed by atoms with Gasteiger partial charge in [0.05, 0.1) is 15.9 Å². The molecule has 2 aromatic rings. The van der Waals surface area contributed by atoms with Crippen molar-refractivity contribution in [1.29, 1.82) is 0 Å². The molecule has 0 aliphatic rings. The normalized spacial score (nSPS) is 10.9. The fourth-order valence-electron chi connectivity index (χ4n) is 2.10. The highest BCUT2D eigenvalue weighted by atomic mass is 79.9. The zero-order chi connectivity index (χ0) is 13.7. The number of nitrogens with zero attached hydrogens (tertiary/aromatic N) is 2. The first-order chi connectivity index (χ1) is 9.22. The first-order valence-corrected chi connectivity index (χ1v) is 7.46. The predicted octanol–water partition coefficient (Wildman–Crippen LogP) is 3.08. The molecule has 1 N–H and O–H groups in total. The van der Waals surface area contributed by atoms with Gasteiger partial charge < -0.3 is 5.32 Å². The fraction of sp³-hybridized carbons (Fsp3) is 0.400. The molecule has 3 nitrogen and oxygen atoms in total. The Labute approximate surface area is 123 Å². The van der Waals surface area contributed by atoms with Crippen molar-refractivity contribution in [3.63, 3.8) is 0 Å². The number of aryl methyl sites for hydroxylation is 2. The minimum atomic E-state index is 0.844. The van der Waals surface area contributed by atoms with Gasteiger partial charge in [-0.25, -0.2) is 0 Å². The molecule has 0 radical (unpaired) electrons. The Morgan fingerprint density at radius 1 is 1.26 bits per heavy atom. The molecule has 1 aromatic carbocycles. The second-order valence-electron chi connectivity index (χ2n) is 4.60. The average Bonchev–Trinajstić information content (AvgIpc) is 2.71. The van der Waals surface area contributed by atoms with E-state index in [0.717, 1.165) is 36.1 Å². The first-order valence-electron chi connectivity index (χ1n) is 6.67. The molecule has 0 fully saturated rings. The molecule has 0 atom stereocenters. The summed E-state index contributed by atoms with van der Waals surface area (Å²) >= 11 is 3.64. The maximum absolute atomic E-state index is 4.50. The number of benzene rings is 1. The third-order valence-corrected chi connectivity index (χ3v) is 4.14. The summed E-state index contributed by atoms with van der Waals surface area (Å²) < 4.78 is 3.10. The fourth-order valence-corrected chi connectivity index (χ4v) is 2.85. The number of nitrogens with one attached hydrogen (secondary N) is 1. The number of halogens is 1. The van der Waals surface area contributed by atoms with E-state index in [2.05, 4.69) is 63.6 Å². The highest BCUT2D eigenvalue weighted by Crippen LogP contribution is 2.21. The Balaban J connectivity index is 1.85. The zero-order valence-electron chi connectivity index (χ0n) is 11.5. The van der Waals surface area contributed by atoms with Gasteiger partial charge in [0.2, 0.25) is 0 Å². The van der Waals surface area contributed by atoms with Crippen molar-refractivity contribution in [3.8, 4) is 0 Å². The van der Waals surface area contributed by atoms with E-state index in [4.69, 9.17) is 0 Å². The molecule has 1 aromatic heterocycles. The number of hydrogen-bond donors (Lipinski definition) is 1. The van der Waals surface area contributed by atoms with E-state index >= 15 is 0 Å². The molecule has 19 heavy (non-hydrogen) atoms. The first kappa shape index (κ1) is 14.3. The van der Waals surface area contributed by atoms with Crippen molar-refractivity contribution in [1.82, 2.24) is 15.1 Å². The standard InChI is InChI=1S/C15H20BrN3/c1-3-13-15(16)14(19(2)18-13)11-17-10-9-12-7-5-4-6-8-12/h4-8,17H,3,9-11H2,1-2H3. The minimum absolute atomic E-state index is 0.844. The molecule has 4 heteroatoms. The molecule has 1 heterocycles. The van der Waals surface area contributed by atoms with E-state index in [1.807, 2.05) is 11.7 Å². The lowest BCUT2D eigenvalue weighted by Crippen LogP contribution is -2.18. The minimum Gasteiger partial charge on any atom is -0.311 e. The van der Waals surface area contributed by atoms with Gasteiger partial charge in [0.1, 0.15) is 0 Å². The van der Waals surface area contributed by atoms with Gasteiger partial charge in [0.15, 0.2) is 0 Å². The number of hydrogen-bond acceptors (Lipinski definition) is 2. The number of rotatable bonds is 6. The third kappa shape index (κ3) is 3.67. The van der Waals surface area contributed by atoms with Gasteiger partial charge in [-0.15, -0.1) is 0 Å². The summed E-state index contributed by atoms with van der Waals surface area (Å²) in [4.78, 5) is 0. The van der Waals surface area contributed by atoms with Crippen molar-refractivity contribution in [2.24, 2.45) is 7.05 Å². The van der Waals surface area contributed by atoms with Gasteiger partial charge in [-0.1, -0.05) is 37.3 Å². The van der Waals surface area contributed by atoms with E-state index in [9.17, 15) is 0 Å². The van der Waals surface area contributed by atoms with Crippen LogP contribution in [0.1, 0.15) is 23.9 Å². The molecule has 2 rings (SSSR count). The molecule has 0 saturated carbocycles. The summed E-state index contributed by atoms with van der Waals surface area (Å²) in [6, 6.07) is 10.5. The quantitative estimate of drug-likeness (QED) is 0.829. The van der Waals surface area contributed by atoms with E-state index in [1.165, 1.54) is 11.3 Å². The van der Waals surface area contributed by atoms with Crippen LogP contribution in [0.15, 0.2) is 34.8 Å². The summed E-state index contributed by atoms with van der Waals surface area (Å²) in [7, 11) is 2.00. The monoisotopic (exact) mass is 321 g/mol. The van der Waals surface area contributed by atoms with Crippen LogP contribution in [0, 0.1) is 0 Å². The predicted molar refractivity (Wildman–Crippen MR) is 82.1 cm³/mol. The van der Waals surface area contributed by atoms with Crippen molar-refractivity contribution in [3.05, 3.63) is 51.8 Å². The van der Waals surface area contributed by atoms with Crippen molar-refractivity contribution in [2.75, 3.05) is 6.54 Å². The molecule has 0 aliphatic carbocycles. The van der Waals surface area contributed by atoms with Gasteiger partial charge >= 0.3 is 0 Å². The van der Waals surface area contributed by atoms with Gasteiger partial charge in [0, 0.05) is 13.6 Å². The largest absolute Gasteiger partial charge is 0.311 e. The van der Waals surface area contributed by atoms with Crippen LogP contribution in [-0.2, 0) is 26.4 Å². The van der Waals surface area contributed by atoms with Crippen LogP contribution in [0.5, 0.6) is 0 Å². The van der Waals surface area contributed by atoms with E-state index in [-0.39, 0.29) is 0 Å². The summed E-state index contributed by atoms with van der Waals surface area (Å²) in [5.41, 5.74) is 3.71. The second kappa shape index (κ2) is 6.87. The Hall–Kier alpha value is -1.13. The summed E-state index contributed by atoms with van der Waals surface area (Å²) in [5, 5.41) is 7.97. The lowest BCUT2D eigenvalue weighted by Gasteiger charge is -2.06. The van der Waals surface area contributed by atoms with Crippen LogP contribution in [-0.4, -0.2) is 16.3 Å². The molecule has 0 bridgehead atoms. The van der Waals surface area contributed by atoms with E-state index < -0.39 is 0 Å². The summed E-state index contributed by atoms with van der Waals surface area (Å²) in [5.74, 6) is 0. The van der Waals surface area contributed by atoms with Gasteiger partial charge in [-0.2, -0.15) is 5.10 Å². The van der Waals surface area contributed by atoms with Crippen molar-refractivity contribution >= 4 is 15.9 Å². The number of aromatic nitrogens is 2. The van der Waals surface area contributed by atoms with Gasteiger partial charge in [-0.05, 0) is 40.9 Å². The second-order valence-corrected chi connectivity index (χ2v) is 5.39. The van der Waals surface area contributed by atoms with Crippen molar-refractivity contribution < 1.29 is 0 Å². The molecule has 0 saturated heterocycles. The Morgan fingerprint density at radius 3 is 2.63 bits per heavy atom. The molecule has 0 aliphatic heterocycles. The molecule has 102 valence electrons. The van der Waals surface area contributed by atoms with Crippen LogP contribution in [0.4, 0.5) is 0 Å². The summed E-state index contributed by atoms with van der Waals surface area (Å²) in [6.45, 7) is 3.94. The van der Waals surface area contributed by atoms with Gasteiger partial charge in [0.25, 0.3) is 0 Å². The maximum atomic E-state index is 4.50. The zero-order valence-corrected chi connectivity index (χ0v) is 13.1. The maximum Gasteiger partial charge on any atom is 0.0767 e. The smallest absolute Gasteiger partial charge is 0.0767 e. The van der Waals surface area contributed by atoms with Crippen LogP contribution in [0.2, 0.25) is 0 Å². The topological polar surface area (TPSA) is 29.9 Å². The van der Waals surface area contributed by atoms with Crippen molar-refractivity contribution in [2.45, 2.75) is 26.3 Å². The molecular formula is C15H20BrN3. The molecular weight excluding hydrogens is 302 g/mol. The Bertz CT molecular complexity index is 520. The molecule has 0 unspecified atom stereocenters. The molecule has 0 amide bonds.